The quantitative estimate of drug-likeness (QED) is 0.662. The maximum absolute atomic E-state index is 12.0. The van der Waals surface area contributed by atoms with Crippen LogP contribution in [0.3, 0.4) is 0 Å². The summed E-state index contributed by atoms with van der Waals surface area (Å²) in [7, 11) is -2.33. The lowest BCUT2D eigenvalue weighted by Gasteiger charge is -2.20. The Hall–Kier alpha value is -0.660. The van der Waals surface area contributed by atoms with Crippen LogP contribution in [0.2, 0.25) is 0 Å². The topological polar surface area (TPSA) is 92.7 Å². The number of esters is 1. The molecule has 17 heavy (non-hydrogen) atoms. The highest BCUT2D eigenvalue weighted by molar-refractivity contribution is 7.90. The van der Waals surface area contributed by atoms with Crippen LogP contribution >= 0.6 is 0 Å². The number of nitrogens with one attached hydrogen (secondary N) is 1. The summed E-state index contributed by atoms with van der Waals surface area (Å²) in [5.41, 5.74) is 0. The number of aliphatic hydroxyl groups excluding tert-OH is 1. The number of hydrogen-bond donors (Lipinski definition) is 2. The maximum Gasteiger partial charge on any atom is 0.310 e. The molecule has 7 heteroatoms. The van der Waals surface area contributed by atoms with Crippen molar-refractivity contribution >= 4 is 16.0 Å². The summed E-state index contributed by atoms with van der Waals surface area (Å²) in [5, 5.41) is 8.10. The fourth-order valence-electron chi connectivity index (χ4n) is 2.12. The molecule has 0 bridgehead atoms. The largest absolute Gasteiger partial charge is 0.469 e. The Morgan fingerprint density at radius 1 is 1.53 bits per heavy atom. The van der Waals surface area contributed by atoms with E-state index in [9.17, 15) is 13.2 Å². The van der Waals surface area contributed by atoms with Gasteiger partial charge < -0.3 is 9.84 Å². The summed E-state index contributed by atoms with van der Waals surface area (Å²) in [6, 6.07) is -0.543. The minimum atomic E-state index is -3.59. The Morgan fingerprint density at radius 2 is 2.18 bits per heavy atom. The van der Waals surface area contributed by atoms with Gasteiger partial charge in [-0.3, -0.25) is 4.79 Å². The molecule has 6 nitrogen and oxygen atoms in total. The number of rotatable bonds is 5. The Labute approximate surface area is 101 Å². The first-order valence-electron chi connectivity index (χ1n) is 5.62. The number of sulfonamides is 1. The van der Waals surface area contributed by atoms with Gasteiger partial charge in [-0.2, -0.15) is 0 Å². The first-order valence-corrected chi connectivity index (χ1v) is 7.16. The van der Waals surface area contributed by atoms with Gasteiger partial charge in [0, 0.05) is 6.04 Å². The van der Waals surface area contributed by atoms with Crippen molar-refractivity contribution in [2.24, 2.45) is 5.92 Å². The second kappa shape index (κ2) is 5.79. The van der Waals surface area contributed by atoms with Crippen LogP contribution in [0, 0.1) is 5.92 Å². The lowest BCUT2D eigenvalue weighted by molar-refractivity contribution is -0.145. The minimum Gasteiger partial charge on any atom is -0.469 e. The van der Waals surface area contributed by atoms with Crippen LogP contribution in [-0.4, -0.2) is 44.5 Å². The van der Waals surface area contributed by atoms with Crippen molar-refractivity contribution in [2.45, 2.75) is 37.5 Å². The number of hydrogen-bond acceptors (Lipinski definition) is 5. The Kier molecular flexibility index (Phi) is 4.91. The summed E-state index contributed by atoms with van der Waals surface area (Å²) in [4.78, 5) is 11.5. The minimum absolute atomic E-state index is 0.269. The van der Waals surface area contributed by atoms with Gasteiger partial charge in [-0.15, -0.1) is 0 Å². The first-order chi connectivity index (χ1) is 7.92. The SMILES string of the molecule is COC(=O)C1CCCC1S(=O)(=O)N[C@@H](C)CO. The molecule has 0 spiro atoms. The second-order valence-electron chi connectivity index (χ2n) is 4.35. The van der Waals surface area contributed by atoms with Gasteiger partial charge >= 0.3 is 5.97 Å². The molecule has 2 N–H and O–H groups in total. The van der Waals surface area contributed by atoms with Crippen molar-refractivity contribution in [1.29, 1.82) is 0 Å². The van der Waals surface area contributed by atoms with Crippen molar-refractivity contribution in [3.8, 4) is 0 Å². The van der Waals surface area contributed by atoms with E-state index in [-0.39, 0.29) is 6.61 Å². The van der Waals surface area contributed by atoms with Crippen molar-refractivity contribution in [1.82, 2.24) is 4.72 Å². The highest BCUT2D eigenvalue weighted by Crippen LogP contribution is 2.31. The molecule has 1 aliphatic rings. The molecule has 1 saturated carbocycles. The van der Waals surface area contributed by atoms with Crippen LogP contribution in [0.1, 0.15) is 26.2 Å². The normalized spacial score (nSPS) is 26.8. The molecule has 0 heterocycles. The van der Waals surface area contributed by atoms with Gasteiger partial charge in [0.15, 0.2) is 0 Å². The third-order valence-corrected chi connectivity index (χ3v) is 5.09. The molecule has 1 rings (SSSR count). The zero-order valence-corrected chi connectivity index (χ0v) is 10.9. The molecule has 0 aromatic carbocycles. The molecule has 1 aliphatic carbocycles. The molecule has 0 aromatic rings. The predicted molar refractivity (Wildman–Crippen MR) is 61.7 cm³/mol. The van der Waals surface area contributed by atoms with Gasteiger partial charge in [-0.05, 0) is 19.8 Å². The summed E-state index contributed by atoms with van der Waals surface area (Å²) >= 11 is 0. The van der Waals surface area contributed by atoms with Gasteiger partial charge in [0.25, 0.3) is 0 Å². The van der Waals surface area contributed by atoms with E-state index in [0.29, 0.717) is 19.3 Å². The fourth-order valence-corrected chi connectivity index (χ4v) is 4.09. The van der Waals surface area contributed by atoms with Crippen LogP contribution in [0.15, 0.2) is 0 Å². The van der Waals surface area contributed by atoms with Gasteiger partial charge in [-0.25, -0.2) is 13.1 Å². The second-order valence-corrected chi connectivity index (χ2v) is 6.28. The number of methoxy groups -OCH3 is 1. The van der Waals surface area contributed by atoms with Gasteiger partial charge in [0.2, 0.25) is 10.0 Å². The van der Waals surface area contributed by atoms with E-state index < -0.39 is 33.2 Å². The predicted octanol–water partition coefficient (Wildman–Crippen LogP) is -0.372. The summed E-state index contributed by atoms with van der Waals surface area (Å²) in [6.07, 6.45) is 1.68. The molecule has 0 amide bonds. The van der Waals surface area contributed by atoms with E-state index >= 15 is 0 Å². The summed E-state index contributed by atoms with van der Waals surface area (Å²) < 4.78 is 31.0. The molecule has 2 unspecified atom stereocenters. The van der Waals surface area contributed by atoms with Crippen molar-refractivity contribution in [3.05, 3.63) is 0 Å². The molecule has 1 fully saturated rings. The van der Waals surface area contributed by atoms with Gasteiger partial charge in [0.1, 0.15) is 0 Å². The zero-order valence-electron chi connectivity index (χ0n) is 10.0. The van der Waals surface area contributed by atoms with Crippen LogP contribution in [-0.2, 0) is 19.6 Å². The molecule has 0 aromatic heterocycles. The standard InChI is InChI=1S/C10H19NO5S/c1-7(6-12)11-17(14,15)9-5-3-4-8(9)10(13)16-2/h7-9,11-12H,3-6H2,1-2H3/t7-,8?,9?/m0/s1. The number of carbonyl (C=O) groups excluding carboxylic acids is 1. The highest BCUT2D eigenvalue weighted by atomic mass is 32.2. The average molecular weight is 265 g/mol. The van der Waals surface area contributed by atoms with Crippen LogP contribution in [0.5, 0.6) is 0 Å². The summed E-state index contributed by atoms with van der Waals surface area (Å²) in [6.45, 7) is 1.30. The third kappa shape index (κ3) is 3.40. The molecular formula is C10H19NO5S. The molecule has 0 aliphatic heterocycles. The van der Waals surface area contributed by atoms with E-state index in [2.05, 4.69) is 9.46 Å². The van der Waals surface area contributed by atoms with E-state index in [1.807, 2.05) is 0 Å². The van der Waals surface area contributed by atoms with E-state index in [0.717, 1.165) is 0 Å². The highest BCUT2D eigenvalue weighted by Gasteiger charge is 2.42. The summed E-state index contributed by atoms with van der Waals surface area (Å²) in [5.74, 6) is -1.07. The molecule has 0 saturated heterocycles. The Balaban J connectivity index is 2.80. The molecule has 100 valence electrons. The number of ether oxygens (including phenoxy) is 1. The smallest absolute Gasteiger partial charge is 0.310 e. The van der Waals surface area contributed by atoms with E-state index in [1.54, 1.807) is 6.92 Å². The average Bonchev–Trinajstić information content (AvgIpc) is 2.76. The lowest BCUT2D eigenvalue weighted by atomic mass is 10.1. The van der Waals surface area contributed by atoms with Crippen molar-refractivity contribution < 1.29 is 23.1 Å². The fraction of sp³-hybridized carbons (Fsp3) is 0.900. The Bertz CT molecular complexity index is 367. The van der Waals surface area contributed by atoms with Gasteiger partial charge in [-0.1, -0.05) is 6.42 Å². The number of aliphatic hydroxyl groups is 1. The third-order valence-electron chi connectivity index (χ3n) is 2.99. The van der Waals surface area contributed by atoms with Crippen molar-refractivity contribution in [3.63, 3.8) is 0 Å². The van der Waals surface area contributed by atoms with Crippen LogP contribution in [0.4, 0.5) is 0 Å². The van der Waals surface area contributed by atoms with Crippen molar-refractivity contribution in [2.75, 3.05) is 13.7 Å². The molecular weight excluding hydrogens is 246 g/mol. The lowest BCUT2D eigenvalue weighted by Crippen LogP contribution is -2.44. The van der Waals surface area contributed by atoms with E-state index in [1.165, 1.54) is 7.11 Å². The number of carbonyl (C=O) groups is 1. The zero-order chi connectivity index (χ0) is 13.1. The monoisotopic (exact) mass is 265 g/mol. The van der Waals surface area contributed by atoms with Crippen LogP contribution in [0.25, 0.3) is 0 Å². The molecule has 3 atom stereocenters. The van der Waals surface area contributed by atoms with E-state index in [4.69, 9.17) is 5.11 Å². The first kappa shape index (κ1) is 14.4. The maximum atomic E-state index is 12.0. The molecule has 0 radical (unpaired) electrons. The Morgan fingerprint density at radius 3 is 2.71 bits per heavy atom. The van der Waals surface area contributed by atoms with Crippen LogP contribution < -0.4 is 4.72 Å². The van der Waals surface area contributed by atoms with Gasteiger partial charge in [0.05, 0.1) is 24.9 Å².